The Hall–Kier alpha value is -0.270. The highest BCUT2D eigenvalue weighted by molar-refractivity contribution is 7.99. The summed E-state index contributed by atoms with van der Waals surface area (Å²) in [5, 5.41) is 5.71. The molecule has 2 nitrogen and oxygen atoms in total. The number of halogens is 3. The number of alkyl halides is 3. The van der Waals surface area contributed by atoms with E-state index < -0.39 is 12.7 Å². The summed E-state index contributed by atoms with van der Waals surface area (Å²) in [5.74, 6) is 1.16. The molecule has 1 aromatic rings. The molecule has 0 spiro atoms. The molecule has 0 saturated carbocycles. The standard InChI is InChI=1S/C10H13F3N2S2/c11-10(12,13)6-14-4-7-5-17-9(15-7)8-2-1-3-16-8/h5,8,14H,1-4,6H2. The number of hydrogen-bond acceptors (Lipinski definition) is 4. The third kappa shape index (κ3) is 4.15. The fraction of sp³-hybridized carbons (Fsp3) is 0.700. The SMILES string of the molecule is FC(F)(F)CNCc1csc(C2CCCS2)n1. The molecule has 1 N–H and O–H groups in total. The van der Waals surface area contributed by atoms with Crippen LogP contribution in [0.3, 0.4) is 0 Å². The van der Waals surface area contributed by atoms with Gasteiger partial charge in [0.15, 0.2) is 0 Å². The van der Waals surface area contributed by atoms with Gasteiger partial charge in [0.1, 0.15) is 5.01 Å². The normalized spacial score (nSPS) is 21.0. The molecule has 1 unspecified atom stereocenters. The maximum Gasteiger partial charge on any atom is 0.401 e. The lowest BCUT2D eigenvalue weighted by atomic mass is 10.3. The molecule has 1 aliphatic rings. The van der Waals surface area contributed by atoms with Crippen molar-refractivity contribution in [1.82, 2.24) is 10.3 Å². The van der Waals surface area contributed by atoms with E-state index in [2.05, 4.69) is 10.3 Å². The molecule has 0 aliphatic carbocycles. The van der Waals surface area contributed by atoms with Crippen LogP contribution >= 0.6 is 23.1 Å². The summed E-state index contributed by atoms with van der Waals surface area (Å²) >= 11 is 3.44. The van der Waals surface area contributed by atoms with E-state index in [0.29, 0.717) is 10.9 Å². The molecule has 1 atom stereocenters. The van der Waals surface area contributed by atoms with Crippen molar-refractivity contribution >= 4 is 23.1 Å². The summed E-state index contributed by atoms with van der Waals surface area (Å²) in [5.41, 5.74) is 0.710. The highest BCUT2D eigenvalue weighted by Crippen LogP contribution is 2.40. The quantitative estimate of drug-likeness (QED) is 0.916. The molecular formula is C10H13F3N2S2. The van der Waals surface area contributed by atoms with E-state index in [-0.39, 0.29) is 6.54 Å². The van der Waals surface area contributed by atoms with Gasteiger partial charge in [0.25, 0.3) is 0 Å². The third-order valence-corrected chi connectivity index (χ3v) is 4.95. The Labute approximate surface area is 106 Å². The first-order valence-electron chi connectivity index (χ1n) is 5.38. The van der Waals surface area contributed by atoms with E-state index in [1.807, 2.05) is 17.1 Å². The molecular weight excluding hydrogens is 269 g/mol. The summed E-state index contributed by atoms with van der Waals surface area (Å²) in [7, 11) is 0. The minimum absolute atomic E-state index is 0.188. The second-order valence-corrected chi connectivity index (χ2v) is 6.10. The molecule has 2 heterocycles. The Bertz CT molecular complexity index is 359. The number of hydrogen-bond donors (Lipinski definition) is 1. The fourth-order valence-corrected chi connectivity index (χ4v) is 4.01. The number of nitrogens with one attached hydrogen (secondary N) is 1. The Kier molecular flexibility index (Phi) is 4.32. The Morgan fingerprint density at radius 2 is 2.29 bits per heavy atom. The largest absolute Gasteiger partial charge is 0.401 e. The first-order chi connectivity index (χ1) is 8.04. The van der Waals surface area contributed by atoms with E-state index in [0.717, 1.165) is 17.2 Å². The predicted molar refractivity (Wildman–Crippen MR) is 64.3 cm³/mol. The maximum absolute atomic E-state index is 11.9. The molecule has 96 valence electrons. The van der Waals surface area contributed by atoms with Crippen molar-refractivity contribution in [1.29, 1.82) is 0 Å². The van der Waals surface area contributed by atoms with Crippen LogP contribution in [0.4, 0.5) is 13.2 Å². The highest BCUT2D eigenvalue weighted by Gasteiger charge is 2.26. The molecule has 1 fully saturated rings. The van der Waals surface area contributed by atoms with Crippen molar-refractivity contribution < 1.29 is 13.2 Å². The molecule has 1 aliphatic heterocycles. The summed E-state index contributed by atoms with van der Waals surface area (Å²) < 4.78 is 35.8. The fourth-order valence-electron chi connectivity index (χ4n) is 1.66. The van der Waals surface area contributed by atoms with Crippen LogP contribution < -0.4 is 5.32 Å². The van der Waals surface area contributed by atoms with Crippen molar-refractivity contribution in [3.63, 3.8) is 0 Å². The molecule has 2 rings (SSSR count). The van der Waals surface area contributed by atoms with E-state index >= 15 is 0 Å². The third-order valence-electron chi connectivity index (χ3n) is 2.41. The zero-order valence-electron chi connectivity index (χ0n) is 9.09. The van der Waals surface area contributed by atoms with Crippen LogP contribution in [0.2, 0.25) is 0 Å². The highest BCUT2D eigenvalue weighted by atomic mass is 32.2. The molecule has 1 saturated heterocycles. The summed E-state index contributed by atoms with van der Waals surface area (Å²) in [6.45, 7) is -0.772. The predicted octanol–water partition coefficient (Wildman–Crippen LogP) is 3.36. The van der Waals surface area contributed by atoms with Gasteiger partial charge in [0.2, 0.25) is 0 Å². The van der Waals surface area contributed by atoms with Gasteiger partial charge in [-0.25, -0.2) is 4.98 Å². The van der Waals surface area contributed by atoms with E-state index in [4.69, 9.17) is 0 Å². The van der Waals surface area contributed by atoms with E-state index in [1.54, 1.807) is 11.3 Å². The van der Waals surface area contributed by atoms with Crippen LogP contribution in [0.25, 0.3) is 0 Å². The summed E-state index contributed by atoms with van der Waals surface area (Å²) in [6.07, 6.45) is -1.82. The van der Waals surface area contributed by atoms with Crippen LogP contribution in [0, 0.1) is 0 Å². The lowest BCUT2D eigenvalue weighted by Crippen LogP contribution is -2.28. The Morgan fingerprint density at radius 1 is 1.47 bits per heavy atom. The smallest absolute Gasteiger partial charge is 0.303 e. The molecule has 1 aromatic heterocycles. The summed E-state index contributed by atoms with van der Waals surface area (Å²) in [6, 6.07) is 0. The zero-order chi connectivity index (χ0) is 12.3. The Balaban J connectivity index is 1.81. The topological polar surface area (TPSA) is 24.9 Å². The molecule has 0 amide bonds. The number of rotatable bonds is 4. The van der Waals surface area contributed by atoms with Gasteiger partial charge in [-0.3, -0.25) is 0 Å². The van der Waals surface area contributed by atoms with Crippen molar-refractivity contribution in [2.75, 3.05) is 12.3 Å². The zero-order valence-corrected chi connectivity index (χ0v) is 10.7. The van der Waals surface area contributed by atoms with Gasteiger partial charge in [-0.15, -0.1) is 11.3 Å². The molecule has 17 heavy (non-hydrogen) atoms. The summed E-state index contributed by atoms with van der Waals surface area (Å²) in [4.78, 5) is 4.38. The van der Waals surface area contributed by atoms with Crippen molar-refractivity contribution in [2.45, 2.75) is 30.8 Å². The van der Waals surface area contributed by atoms with E-state index in [1.165, 1.54) is 6.42 Å². The lowest BCUT2D eigenvalue weighted by Gasteiger charge is -2.06. The second kappa shape index (κ2) is 5.58. The average molecular weight is 282 g/mol. The number of thioether (sulfide) groups is 1. The van der Waals surface area contributed by atoms with Gasteiger partial charge in [-0.2, -0.15) is 24.9 Å². The van der Waals surface area contributed by atoms with Crippen molar-refractivity contribution in [3.05, 3.63) is 16.1 Å². The van der Waals surface area contributed by atoms with Gasteiger partial charge in [-0.1, -0.05) is 0 Å². The molecule has 0 radical (unpaired) electrons. The van der Waals surface area contributed by atoms with Crippen LogP contribution in [-0.2, 0) is 6.54 Å². The van der Waals surface area contributed by atoms with Crippen LogP contribution in [0.15, 0.2) is 5.38 Å². The molecule has 0 bridgehead atoms. The van der Waals surface area contributed by atoms with Gasteiger partial charge < -0.3 is 5.32 Å². The minimum Gasteiger partial charge on any atom is -0.303 e. The van der Waals surface area contributed by atoms with Crippen LogP contribution in [-0.4, -0.2) is 23.5 Å². The number of aromatic nitrogens is 1. The minimum atomic E-state index is -4.15. The first-order valence-corrected chi connectivity index (χ1v) is 7.31. The maximum atomic E-state index is 11.9. The van der Waals surface area contributed by atoms with Gasteiger partial charge >= 0.3 is 6.18 Å². The van der Waals surface area contributed by atoms with Crippen LogP contribution in [0.5, 0.6) is 0 Å². The average Bonchev–Trinajstić information content (AvgIpc) is 2.83. The van der Waals surface area contributed by atoms with Crippen molar-refractivity contribution in [2.24, 2.45) is 0 Å². The first kappa shape index (κ1) is 13.2. The molecule has 0 aromatic carbocycles. The van der Waals surface area contributed by atoms with Gasteiger partial charge in [0, 0.05) is 11.9 Å². The van der Waals surface area contributed by atoms with Crippen LogP contribution in [0.1, 0.15) is 28.8 Å². The van der Waals surface area contributed by atoms with Gasteiger partial charge in [0.05, 0.1) is 17.5 Å². The number of nitrogens with zero attached hydrogens (tertiary/aromatic N) is 1. The van der Waals surface area contributed by atoms with Gasteiger partial charge in [-0.05, 0) is 18.6 Å². The Morgan fingerprint density at radius 3 is 2.94 bits per heavy atom. The molecule has 7 heteroatoms. The van der Waals surface area contributed by atoms with Crippen molar-refractivity contribution in [3.8, 4) is 0 Å². The monoisotopic (exact) mass is 282 g/mol. The number of thiazole rings is 1. The lowest BCUT2D eigenvalue weighted by molar-refractivity contribution is -0.125. The van der Waals surface area contributed by atoms with E-state index in [9.17, 15) is 13.2 Å². The second-order valence-electron chi connectivity index (χ2n) is 3.90.